The number of rotatable bonds is 4. The van der Waals surface area contributed by atoms with E-state index in [4.69, 9.17) is 16.3 Å². The third kappa shape index (κ3) is 4.17. The molecule has 1 aliphatic heterocycles. The predicted octanol–water partition coefficient (Wildman–Crippen LogP) is 3.73. The minimum absolute atomic E-state index is 0.145. The fraction of sp³-hybridized carbons (Fsp3) is 0.100. The highest BCUT2D eigenvalue weighted by atomic mass is 35.5. The van der Waals surface area contributed by atoms with Crippen molar-refractivity contribution in [1.82, 2.24) is 20.2 Å². The molecule has 0 aliphatic carbocycles. The fourth-order valence-electron chi connectivity index (χ4n) is 2.84. The number of hydrogen-bond acceptors (Lipinski definition) is 5. The summed E-state index contributed by atoms with van der Waals surface area (Å²) >= 11 is 6.01. The molecule has 9 heteroatoms. The van der Waals surface area contributed by atoms with E-state index < -0.39 is 5.82 Å². The largest absolute Gasteiger partial charge is 0.488 e. The van der Waals surface area contributed by atoms with Crippen molar-refractivity contribution in [2.75, 3.05) is 11.9 Å². The van der Waals surface area contributed by atoms with Gasteiger partial charge in [-0.15, -0.1) is 5.10 Å². The first kappa shape index (κ1) is 18.8. The van der Waals surface area contributed by atoms with E-state index in [0.29, 0.717) is 23.1 Å². The van der Waals surface area contributed by atoms with Gasteiger partial charge in [-0.3, -0.25) is 4.79 Å². The molecule has 1 aromatic heterocycles. The van der Waals surface area contributed by atoms with Crippen molar-refractivity contribution in [2.24, 2.45) is 0 Å². The summed E-state index contributed by atoms with van der Waals surface area (Å²) in [5.74, 6) is 0.300. The van der Waals surface area contributed by atoms with Gasteiger partial charge >= 0.3 is 0 Å². The van der Waals surface area contributed by atoms with Crippen LogP contribution in [0.1, 0.15) is 11.4 Å². The number of benzene rings is 2. The molecular weight excluding hydrogens is 397 g/mol. The maximum atomic E-state index is 14.1. The van der Waals surface area contributed by atoms with E-state index in [0.717, 1.165) is 16.9 Å². The molecule has 2 aromatic carbocycles. The van der Waals surface area contributed by atoms with Gasteiger partial charge in [-0.1, -0.05) is 17.7 Å². The third-order valence-corrected chi connectivity index (χ3v) is 4.46. The van der Waals surface area contributed by atoms with Crippen LogP contribution in [0, 0.1) is 12.7 Å². The number of tetrazole rings is 1. The van der Waals surface area contributed by atoms with Gasteiger partial charge in [0, 0.05) is 22.3 Å². The highest BCUT2D eigenvalue weighted by Crippen LogP contribution is 2.29. The molecular formula is C20H15ClFN5O2. The second-order valence-electron chi connectivity index (χ2n) is 6.32. The second kappa shape index (κ2) is 7.84. The molecule has 0 saturated carbocycles. The van der Waals surface area contributed by atoms with Crippen LogP contribution in [0.5, 0.6) is 5.75 Å². The van der Waals surface area contributed by atoms with E-state index in [-0.39, 0.29) is 11.6 Å². The summed E-state index contributed by atoms with van der Waals surface area (Å²) in [6.45, 7) is 2.00. The van der Waals surface area contributed by atoms with Crippen LogP contribution >= 0.6 is 11.6 Å². The summed E-state index contributed by atoms with van der Waals surface area (Å²) < 4.78 is 21.0. The van der Waals surface area contributed by atoms with Gasteiger partial charge in [0.15, 0.2) is 5.82 Å². The monoisotopic (exact) mass is 411 g/mol. The Labute approximate surface area is 170 Å². The van der Waals surface area contributed by atoms with E-state index in [1.807, 2.05) is 6.08 Å². The number of halogens is 2. The first-order chi connectivity index (χ1) is 14.0. The maximum absolute atomic E-state index is 14.1. The highest BCUT2D eigenvalue weighted by Gasteiger charge is 2.12. The SMILES string of the molecule is Cc1nnnn1-c1cc(NC(=O)/C=C/C2=Cc3cc(Cl)ccc3OC2)ccc1F. The predicted molar refractivity (Wildman–Crippen MR) is 107 cm³/mol. The van der Waals surface area contributed by atoms with Crippen LogP contribution in [0.4, 0.5) is 10.1 Å². The summed E-state index contributed by atoms with van der Waals surface area (Å²) in [7, 11) is 0. The Morgan fingerprint density at radius 3 is 2.97 bits per heavy atom. The number of fused-ring (bicyclic) bond motifs is 1. The lowest BCUT2D eigenvalue weighted by Gasteiger charge is -2.16. The number of carbonyl (C=O) groups is 1. The molecule has 3 aromatic rings. The molecule has 146 valence electrons. The Bertz CT molecular complexity index is 1160. The van der Waals surface area contributed by atoms with Gasteiger partial charge in [0.05, 0.1) is 0 Å². The maximum Gasteiger partial charge on any atom is 0.248 e. The Hall–Kier alpha value is -3.52. The number of nitrogens with zero attached hydrogens (tertiary/aromatic N) is 4. The lowest BCUT2D eigenvalue weighted by Crippen LogP contribution is -2.11. The Morgan fingerprint density at radius 1 is 1.31 bits per heavy atom. The summed E-state index contributed by atoms with van der Waals surface area (Å²) in [5.41, 5.74) is 2.23. The molecule has 0 fully saturated rings. The van der Waals surface area contributed by atoms with Gasteiger partial charge in [-0.2, -0.15) is 4.68 Å². The Kier molecular flexibility index (Phi) is 5.09. The highest BCUT2D eigenvalue weighted by molar-refractivity contribution is 6.30. The van der Waals surface area contributed by atoms with Crippen molar-refractivity contribution in [2.45, 2.75) is 6.92 Å². The summed E-state index contributed by atoms with van der Waals surface area (Å²) in [4.78, 5) is 12.3. The Morgan fingerprint density at radius 2 is 2.17 bits per heavy atom. The lowest BCUT2D eigenvalue weighted by molar-refractivity contribution is -0.111. The van der Waals surface area contributed by atoms with Crippen LogP contribution in [-0.2, 0) is 4.79 Å². The number of anilines is 1. The van der Waals surface area contributed by atoms with Crippen molar-refractivity contribution in [3.8, 4) is 11.4 Å². The van der Waals surface area contributed by atoms with Crippen molar-refractivity contribution in [1.29, 1.82) is 0 Å². The number of aryl methyl sites for hydroxylation is 1. The molecule has 2 heterocycles. The smallest absolute Gasteiger partial charge is 0.248 e. The lowest BCUT2D eigenvalue weighted by atomic mass is 10.1. The average Bonchev–Trinajstić information content (AvgIpc) is 3.13. The fourth-order valence-corrected chi connectivity index (χ4v) is 3.02. The van der Waals surface area contributed by atoms with Crippen molar-refractivity contribution < 1.29 is 13.9 Å². The minimum atomic E-state index is -0.504. The number of aromatic nitrogens is 4. The van der Waals surface area contributed by atoms with E-state index in [1.165, 1.54) is 29.0 Å². The molecule has 7 nitrogen and oxygen atoms in total. The molecule has 1 N–H and O–H groups in total. The Balaban J connectivity index is 1.49. The van der Waals surface area contributed by atoms with Gasteiger partial charge in [-0.05, 0) is 65.4 Å². The summed E-state index contributed by atoms with van der Waals surface area (Å²) in [5, 5.41) is 14.3. The molecule has 0 saturated heterocycles. The number of amides is 1. The first-order valence-corrected chi connectivity index (χ1v) is 9.04. The summed E-state index contributed by atoms with van der Waals surface area (Å²) in [6.07, 6.45) is 4.95. The van der Waals surface area contributed by atoms with Crippen molar-refractivity contribution in [3.63, 3.8) is 0 Å². The number of carbonyl (C=O) groups excluding carboxylic acids is 1. The zero-order chi connectivity index (χ0) is 20.4. The van der Waals surface area contributed by atoms with E-state index in [9.17, 15) is 9.18 Å². The zero-order valence-electron chi connectivity index (χ0n) is 15.3. The molecule has 29 heavy (non-hydrogen) atoms. The number of nitrogens with one attached hydrogen (secondary N) is 1. The number of ether oxygens (including phenoxy) is 1. The van der Waals surface area contributed by atoms with Crippen molar-refractivity contribution in [3.05, 3.63) is 76.4 Å². The van der Waals surface area contributed by atoms with E-state index in [1.54, 1.807) is 31.2 Å². The molecule has 0 radical (unpaired) electrons. The van der Waals surface area contributed by atoms with Crippen LogP contribution in [0.15, 0.2) is 54.1 Å². The summed E-state index contributed by atoms with van der Waals surface area (Å²) in [6, 6.07) is 9.53. The van der Waals surface area contributed by atoms with Gasteiger partial charge in [-0.25, -0.2) is 4.39 Å². The molecule has 0 spiro atoms. The molecule has 0 atom stereocenters. The van der Waals surface area contributed by atoms with Crippen LogP contribution in [0.2, 0.25) is 5.02 Å². The van der Waals surface area contributed by atoms with Crippen molar-refractivity contribution >= 4 is 29.3 Å². The number of hydrogen-bond donors (Lipinski definition) is 1. The van der Waals surface area contributed by atoms with E-state index >= 15 is 0 Å². The normalized spacial score (nSPS) is 13.0. The third-order valence-electron chi connectivity index (χ3n) is 4.22. The van der Waals surface area contributed by atoms with Gasteiger partial charge in [0.1, 0.15) is 23.9 Å². The van der Waals surface area contributed by atoms with Gasteiger partial charge in [0.2, 0.25) is 5.91 Å². The second-order valence-corrected chi connectivity index (χ2v) is 6.75. The minimum Gasteiger partial charge on any atom is -0.488 e. The van der Waals surface area contributed by atoms with Crippen LogP contribution in [0.25, 0.3) is 11.8 Å². The zero-order valence-corrected chi connectivity index (χ0v) is 16.0. The molecule has 0 bridgehead atoms. The van der Waals surface area contributed by atoms with Crippen LogP contribution < -0.4 is 10.1 Å². The van der Waals surface area contributed by atoms with Crippen LogP contribution in [0.3, 0.4) is 0 Å². The average molecular weight is 412 g/mol. The van der Waals surface area contributed by atoms with Gasteiger partial charge in [0.25, 0.3) is 0 Å². The van der Waals surface area contributed by atoms with Gasteiger partial charge < -0.3 is 10.1 Å². The molecule has 1 aliphatic rings. The molecule has 0 unspecified atom stereocenters. The standard InChI is InChI=1S/C20H15ClFN5O2/c1-12-24-25-26-27(12)18-10-16(4-5-17(18)22)23-20(28)7-2-13-8-14-9-15(21)3-6-19(14)29-11-13/h2-10H,11H2,1H3,(H,23,28)/b7-2+. The van der Waals surface area contributed by atoms with Crippen LogP contribution in [-0.4, -0.2) is 32.7 Å². The quantitative estimate of drug-likeness (QED) is 0.661. The topological polar surface area (TPSA) is 81.9 Å². The first-order valence-electron chi connectivity index (χ1n) is 8.66. The molecule has 1 amide bonds. The molecule has 4 rings (SSSR count). The van der Waals surface area contributed by atoms with E-state index in [2.05, 4.69) is 20.8 Å².